The smallest absolute Gasteiger partial charge is 0.0735 e. The van der Waals surface area contributed by atoms with Gasteiger partial charge in [0.15, 0.2) is 0 Å². The van der Waals surface area contributed by atoms with Gasteiger partial charge in [-0.15, -0.1) is 0 Å². The first-order valence-corrected chi connectivity index (χ1v) is 15.7. The van der Waals surface area contributed by atoms with E-state index < -0.39 is 0 Å². The van der Waals surface area contributed by atoms with Gasteiger partial charge in [-0.25, -0.2) is 0 Å². The largest absolute Gasteiger partial charge is 0.309 e. The Hall–Kier alpha value is -5.05. The lowest BCUT2D eigenvalue weighted by Crippen LogP contribution is -2.32. The molecule has 1 nitrogen and oxygen atoms in total. The summed E-state index contributed by atoms with van der Waals surface area (Å²) in [6, 6.07) is 56.4. The van der Waals surface area contributed by atoms with E-state index in [2.05, 4.69) is 156 Å². The molecule has 0 bridgehead atoms. The van der Waals surface area contributed by atoms with Crippen LogP contribution in [0.2, 0.25) is 0 Å². The van der Waals surface area contributed by atoms with Crippen molar-refractivity contribution in [3.63, 3.8) is 0 Å². The van der Waals surface area contributed by atoms with Crippen LogP contribution >= 0.6 is 11.8 Å². The third kappa shape index (κ3) is 2.94. The minimum absolute atomic E-state index is 0.370. The summed E-state index contributed by atoms with van der Waals surface area (Å²) < 4.78 is 2.46. The number of hydrogen-bond acceptors (Lipinski definition) is 1. The van der Waals surface area contributed by atoms with E-state index in [0.29, 0.717) is 0 Å². The maximum absolute atomic E-state index is 2.46. The van der Waals surface area contributed by atoms with Crippen LogP contribution in [0.4, 0.5) is 0 Å². The molecule has 0 radical (unpaired) electrons. The monoisotopic (exact) mass is 563 g/mol. The minimum Gasteiger partial charge on any atom is -0.309 e. The van der Waals surface area contributed by atoms with Crippen LogP contribution in [0, 0.1) is 0 Å². The number of rotatable bonds is 1. The van der Waals surface area contributed by atoms with Crippen molar-refractivity contribution < 1.29 is 0 Å². The van der Waals surface area contributed by atoms with Crippen LogP contribution in [-0.2, 0) is 5.41 Å². The second-order valence-electron chi connectivity index (χ2n) is 11.7. The van der Waals surface area contributed by atoms with Gasteiger partial charge in [0.25, 0.3) is 0 Å². The highest BCUT2D eigenvalue weighted by Gasteiger charge is 2.50. The molecule has 0 atom stereocenters. The van der Waals surface area contributed by atoms with Gasteiger partial charge in [0.1, 0.15) is 0 Å². The van der Waals surface area contributed by atoms with Crippen LogP contribution < -0.4 is 0 Å². The first kappa shape index (κ1) is 23.5. The van der Waals surface area contributed by atoms with Crippen LogP contribution in [0.5, 0.6) is 0 Å². The van der Waals surface area contributed by atoms with Gasteiger partial charge in [-0.05, 0) is 74.5 Å². The molecule has 0 amide bonds. The van der Waals surface area contributed by atoms with Crippen LogP contribution in [-0.4, -0.2) is 4.57 Å². The molecule has 1 spiro atoms. The number of fused-ring (bicyclic) bond motifs is 14. The van der Waals surface area contributed by atoms with E-state index in [9.17, 15) is 0 Å². The molecule has 2 heteroatoms. The lowest BCUT2D eigenvalue weighted by Gasteiger charge is -2.40. The highest BCUT2D eigenvalue weighted by Crippen LogP contribution is 2.63. The Kier molecular flexibility index (Phi) is 4.65. The molecular weight excluding hydrogens is 539 g/mol. The van der Waals surface area contributed by atoms with Crippen molar-refractivity contribution in [2.45, 2.75) is 15.2 Å². The van der Waals surface area contributed by atoms with Crippen LogP contribution in [0.25, 0.3) is 49.4 Å². The molecule has 8 aromatic rings. The summed E-state index contributed by atoms with van der Waals surface area (Å²) in [5.74, 6) is 0. The molecule has 0 fully saturated rings. The number of benzene rings is 7. The summed E-state index contributed by atoms with van der Waals surface area (Å²) in [6.07, 6.45) is 0. The van der Waals surface area contributed by atoms with E-state index >= 15 is 0 Å². The van der Waals surface area contributed by atoms with Gasteiger partial charge in [-0.2, -0.15) is 0 Å². The van der Waals surface area contributed by atoms with Crippen molar-refractivity contribution in [1.82, 2.24) is 4.57 Å². The molecule has 10 rings (SSSR count). The summed E-state index contributed by atoms with van der Waals surface area (Å²) in [6.45, 7) is 0. The van der Waals surface area contributed by atoms with Crippen molar-refractivity contribution in [3.8, 4) is 16.8 Å². The Bertz CT molecular complexity index is 2400. The lowest BCUT2D eigenvalue weighted by molar-refractivity contribution is 0.726. The predicted octanol–water partition coefficient (Wildman–Crippen LogP) is 10.8. The molecule has 1 aliphatic carbocycles. The molecular formula is C41H25NS. The van der Waals surface area contributed by atoms with Crippen LogP contribution in [0.3, 0.4) is 0 Å². The van der Waals surface area contributed by atoms with Crippen molar-refractivity contribution in [2.75, 3.05) is 0 Å². The lowest BCUT2D eigenvalue weighted by atomic mass is 9.67. The van der Waals surface area contributed by atoms with E-state index in [0.717, 1.165) is 0 Å². The SMILES string of the molecule is c1ccc2c(c1)Sc1c(ccc3c1c1ccccc1n3-c1ccc3ccccc3c1)C21c2ccccc2-c2ccccc21. The minimum atomic E-state index is -0.370. The van der Waals surface area contributed by atoms with Gasteiger partial charge in [0, 0.05) is 26.3 Å². The fourth-order valence-electron chi connectivity index (χ4n) is 7.96. The molecule has 0 N–H and O–H groups in total. The van der Waals surface area contributed by atoms with Crippen molar-refractivity contribution in [2.24, 2.45) is 0 Å². The van der Waals surface area contributed by atoms with Gasteiger partial charge in [0.05, 0.1) is 16.4 Å². The molecule has 1 aliphatic heterocycles. The topological polar surface area (TPSA) is 4.93 Å². The Morgan fingerprint density at radius 1 is 0.465 bits per heavy atom. The zero-order valence-electron chi connectivity index (χ0n) is 23.3. The average molecular weight is 564 g/mol. The van der Waals surface area contributed by atoms with Gasteiger partial charge >= 0.3 is 0 Å². The van der Waals surface area contributed by atoms with Crippen molar-refractivity contribution in [1.29, 1.82) is 0 Å². The molecule has 43 heavy (non-hydrogen) atoms. The first-order valence-electron chi connectivity index (χ1n) is 14.9. The van der Waals surface area contributed by atoms with E-state index in [4.69, 9.17) is 0 Å². The first-order chi connectivity index (χ1) is 21.3. The fraction of sp³-hybridized carbons (Fsp3) is 0.0244. The summed E-state index contributed by atoms with van der Waals surface area (Å²) in [5, 5.41) is 5.15. The molecule has 2 heterocycles. The normalized spacial score (nSPS) is 14.1. The standard InChI is InChI=1S/C41H25NS/c1-2-12-27-25-28(22-21-26(27)11-1)42-36-19-9-5-15-31(36)39-37(42)24-23-35-40(39)43-38-20-10-8-18-34(38)41(35)32-16-6-3-13-29(32)30-14-4-7-17-33(30)41/h1-25H. The third-order valence-electron chi connectivity index (χ3n) is 9.64. The highest BCUT2D eigenvalue weighted by atomic mass is 32.2. The molecule has 0 unspecified atom stereocenters. The maximum atomic E-state index is 2.46. The average Bonchev–Trinajstić information content (AvgIpc) is 3.56. The van der Waals surface area contributed by atoms with E-state index in [1.165, 1.54) is 81.4 Å². The Labute approximate surface area is 254 Å². The second kappa shape index (κ2) is 8.50. The molecule has 200 valence electrons. The van der Waals surface area contributed by atoms with E-state index in [1.54, 1.807) is 0 Å². The molecule has 2 aliphatic rings. The number of aromatic nitrogens is 1. The maximum Gasteiger partial charge on any atom is 0.0735 e. The Morgan fingerprint density at radius 2 is 1.12 bits per heavy atom. The summed E-state index contributed by atoms with van der Waals surface area (Å²) in [4.78, 5) is 2.69. The van der Waals surface area contributed by atoms with Gasteiger partial charge < -0.3 is 4.57 Å². The predicted molar refractivity (Wildman–Crippen MR) is 180 cm³/mol. The number of para-hydroxylation sites is 1. The summed E-state index contributed by atoms with van der Waals surface area (Å²) in [7, 11) is 0. The molecule has 0 saturated carbocycles. The van der Waals surface area contributed by atoms with E-state index in [-0.39, 0.29) is 5.41 Å². The quantitative estimate of drug-likeness (QED) is 0.192. The molecule has 1 aromatic heterocycles. The third-order valence-corrected chi connectivity index (χ3v) is 10.8. The van der Waals surface area contributed by atoms with E-state index in [1.807, 2.05) is 11.8 Å². The van der Waals surface area contributed by atoms with Crippen LogP contribution in [0.1, 0.15) is 22.3 Å². The summed E-state index contributed by atoms with van der Waals surface area (Å²) in [5.41, 5.74) is 11.5. The molecule has 7 aromatic carbocycles. The van der Waals surface area contributed by atoms with Gasteiger partial charge in [-0.1, -0.05) is 133 Å². The Morgan fingerprint density at radius 3 is 1.93 bits per heavy atom. The second-order valence-corrected chi connectivity index (χ2v) is 12.7. The number of nitrogens with zero attached hydrogens (tertiary/aromatic N) is 1. The van der Waals surface area contributed by atoms with Gasteiger partial charge in [0.2, 0.25) is 0 Å². The zero-order valence-corrected chi connectivity index (χ0v) is 24.1. The highest BCUT2D eigenvalue weighted by molar-refractivity contribution is 7.99. The Balaban J connectivity index is 1.36. The van der Waals surface area contributed by atoms with Crippen molar-refractivity contribution in [3.05, 3.63) is 174 Å². The zero-order chi connectivity index (χ0) is 28.1. The number of hydrogen-bond donors (Lipinski definition) is 0. The van der Waals surface area contributed by atoms with Crippen LogP contribution in [0.15, 0.2) is 161 Å². The fourth-order valence-corrected chi connectivity index (χ4v) is 9.31. The summed E-state index contributed by atoms with van der Waals surface area (Å²) >= 11 is 1.93. The molecule has 0 saturated heterocycles. The van der Waals surface area contributed by atoms with Crippen molar-refractivity contribution >= 4 is 44.3 Å². The van der Waals surface area contributed by atoms with Gasteiger partial charge in [-0.3, -0.25) is 0 Å².